The number of anilines is 1. The van der Waals surface area contributed by atoms with E-state index in [1.165, 1.54) is 4.31 Å². The highest BCUT2D eigenvalue weighted by molar-refractivity contribution is 7.89. The standard InChI is InChI=1S/C28H25ClN2O4S/c29-23-11-13-27(35-24-8-2-1-3-9-24)26(19-23)30-28(32)21-14-16-31(17-15-21)36(33,34)25-12-10-20-6-4-5-7-22(20)18-25/h1-13,18-19,21H,14-17H2,(H,30,32). The second-order valence-corrected chi connectivity index (χ2v) is 11.1. The summed E-state index contributed by atoms with van der Waals surface area (Å²) in [6.45, 7) is 0.548. The van der Waals surface area contributed by atoms with Crippen molar-refractivity contribution in [1.29, 1.82) is 0 Å². The fourth-order valence-corrected chi connectivity index (χ4v) is 6.05. The highest BCUT2D eigenvalue weighted by Crippen LogP contribution is 2.33. The van der Waals surface area contributed by atoms with Crippen LogP contribution < -0.4 is 10.1 Å². The van der Waals surface area contributed by atoms with Gasteiger partial charge in [-0.3, -0.25) is 4.79 Å². The summed E-state index contributed by atoms with van der Waals surface area (Å²) < 4.78 is 33.9. The van der Waals surface area contributed by atoms with Crippen LogP contribution in [0.2, 0.25) is 5.02 Å². The van der Waals surface area contributed by atoms with E-state index in [1.54, 1.807) is 30.3 Å². The summed E-state index contributed by atoms with van der Waals surface area (Å²) in [5.74, 6) is 0.618. The fourth-order valence-electron chi connectivity index (χ4n) is 4.37. The van der Waals surface area contributed by atoms with Gasteiger partial charge in [-0.05, 0) is 66.1 Å². The minimum atomic E-state index is -3.64. The number of nitrogens with one attached hydrogen (secondary N) is 1. The first-order valence-electron chi connectivity index (χ1n) is 11.7. The number of rotatable bonds is 6. The van der Waals surface area contributed by atoms with E-state index in [9.17, 15) is 13.2 Å². The maximum atomic E-state index is 13.2. The molecule has 0 radical (unpaired) electrons. The Kier molecular flexibility index (Phi) is 6.96. The van der Waals surface area contributed by atoms with E-state index in [1.807, 2.05) is 60.7 Å². The van der Waals surface area contributed by atoms with Gasteiger partial charge in [-0.2, -0.15) is 4.31 Å². The number of carbonyl (C=O) groups is 1. The van der Waals surface area contributed by atoms with Gasteiger partial charge in [-0.1, -0.05) is 60.1 Å². The van der Waals surface area contributed by atoms with Crippen molar-refractivity contribution in [3.63, 3.8) is 0 Å². The molecule has 0 saturated carbocycles. The molecule has 4 aromatic carbocycles. The van der Waals surface area contributed by atoms with Gasteiger partial charge in [0.05, 0.1) is 10.6 Å². The molecule has 1 amide bonds. The Morgan fingerprint density at radius 2 is 1.56 bits per heavy atom. The molecule has 0 unspecified atom stereocenters. The molecule has 8 heteroatoms. The van der Waals surface area contributed by atoms with Crippen molar-refractivity contribution in [3.05, 3.63) is 96.0 Å². The lowest BCUT2D eigenvalue weighted by molar-refractivity contribution is -0.120. The van der Waals surface area contributed by atoms with E-state index >= 15 is 0 Å². The van der Waals surface area contributed by atoms with E-state index in [-0.39, 0.29) is 29.8 Å². The topological polar surface area (TPSA) is 75.7 Å². The zero-order chi connectivity index (χ0) is 25.1. The predicted molar refractivity (Wildman–Crippen MR) is 142 cm³/mol. The Bertz CT molecular complexity index is 1500. The Labute approximate surface area is 215 Å². The van der Waals surface area contributed by atoms with Gasteiger partial charge in [0.1, 0.15) is 5.75 Å². The molecule has 184 valence electrons. The summed E-state index contributed by atoms with van der Waals surface area (Å²) in [5, 5.41) is 5.27. The van der Waals surface area contributed by atoms with E-state index in [2.05, 4.69) is 5.32 Å². The molecule has 36 heavy (non-hydrogen) atoms. The van der Waals surface area contributed by atoms with E-state index in [4.69, 9.17) is 16.3 Å². The number of amides is 1. The van der Waals surface area contributed by atoms with Crippen molar-refractivity contribution in [2.45, 2.75) is 17.7 Å². The molecule has 1 aliphatic rings. The molecule has 0 spiro atoms. The number of fused-ring (bicyclic) bond motifs is 1. The number of benzene rings is 4. The van der Waals surface area contributed by atoms with Crippen molar-refractivity contribution < 1.29 is 17.9 Å². The zero-order valence-corrected chi connectivity index (χ0v) is 21.0. The molecule has 1 N–H and O–H groups in total. The Morgan fingerprint density at radius 3 is 2.31 bits per heavy atom. The van der Waals surface area contributed by atoms with Crippen LogP contribution in [0.5, 0.6) is 11.5 Å². The number of carbonyl (C=O) groups excluding carboxylic acids is 1. The minimum Gasteiger partial charge on any atom is -0.455 e. The van der Waals surface area contributed by atoms with Crippen LogP contribution in [0.4, 0.5) is 5.69 Å². The van der Waals surface area contributed by atoms with Crippen LogP contribution in [0.1, 0.15) is 12.8 Å². The average molecular weight is 521 g/mol. The van der Waals surface area contributed by atoms with Crippen molar-refractivity contribution in [2.24, 2.45) is 5.92 Å². The SMILES string of the molecule is O=C(Nc1cc(Cl)ccc1Oc1ccccc1)C1CCN(S(=O)(=O)c2ccc3ccccc3c2)CC1. The van der Waals surface area contributed by atoms with Crippen molar-refractivity contribution in [3.8, 4) is 11.5 Å². The van der Waals surface area contributed by atoms with E-state index < -0.39 is 10.0 Å². The van der Waals surface area contributed by atoms with Crippen molar-refractivity contribution in [2.75, 3.05) is 18.4 Å². The molecular weight excluding hydrogens is 496 g/mol. The number of piperidine rings is 1. The Balaban J connectivity index is 1.26. The lowest BCUT2D eigenvalue weighted by Crippen LogP contribution is -2.41. The lowest BCUT2D eigenvalue weighted by Gasteiger charge is -2.30. The van der Waals surface area contributed by atoms with E-state index in [0.717, 1.165) is 10.8 Å². The van der Waals surface area contributed by atoms with Crippen LogP contribution in [0.3, 0.4) is 0 Å². The summed E-state index contributed by atoms with van der Waals surface area (Å²) in [7, 11) is -3.64. The number of ether oxygens (including phenoxy) is 1. The third-order valence-corrected chi connectivity index (χ3v) is 8.48. The number of hydrogen-bond acceptors (Lipinski definition) is 4. The monoisotopic (exact) mass is 520 g/mol. The zero-order valence-electron chi connectivity index (χ0n) is 19.4. The van der Waals surface area contributed by atoms with Crippen LogP contribution in [-0.2, 0) is 14.8 Å². The highest BCUT2D eigenvalue weighted by Gasteiger charge is 2.32. The van der Waals surface area contributed by atoms with Crippen molar-refractivity contribution >= 4 is 44.0 Å². The normalized spacial score (nSPS) is 15.0. The van der Waals surface area contributed by atoms with Crippen LogP contribution in [0.15, 0.2) is 95.9 Å². The van der Waals surface area contributed by atoms with Gasteiger partial charge in [0.25, 0.3) is 0 Å². The predicted octanol–water partition coefficient (Wildman–Crippen LogP) is 6.32. The molecule has 6 nitrogen and oxygen atoms in total. The van der Waals surface area contributed by atoms with Gasteiger partial charge in [0.2, 0.25) is 15.9 Å². The molecule has 0 bridgehead atoms. The maximum Gasteiger partial charge on any atom is 0.243 e. The Hall–Kier alpha value is -3.39. The maximum absolute atomic E-state index is 13.2. The summed E-state index contributed by atoms with van der Waals surface area (Å²) in [6, 6.07) is 27.2. The number of halogens is 1. The summed E-state index contributed by atoms with van der Waals surface area (Å²) in [5.41, 5.74) is 0.475. The fraction of sp³-hybridized carbons (Fsp3) is 0.179. The van der Waals surface area contributed by atoms with Gasteiger partial charge in [-0.15, -0.1) is 0 Å². The molecule has 4 aromatic rings. The van der Waals surface area contributed by atoms with Gasteiger partial charge >= 0.3 is 0 Å². The van der Waals surface area contributed by atoms with Crippen molar-refractivity contribution in [1.82, 2.24) is 4.31 Å². The molecule has 1 saturated heterocycles. The third kappa shape index (κ3) is 5.23. The van der Waals surface area contributed by atoms with Crippen LogP contribution >= 0.6 is 11.6 Å². The number of hydrogen-bond donors (Lipinski definition) is 1. The molecule has 0 aliphatic carbocycles. The highest BCUT2D eigenvalue weighted by atomic mass is 35.5. The summed E-state index contributed by atoms with van der Waals surface area (Å²) >= 11 is 6.17. The molecule has 0 atom stereocenters. The molecular formula is C28H25ClN2O4S. The van der Waals surface area contributed by atoms with Gasteiger partial charge < -0.3 is 10.1 Å². The second kappa shape index (κ2) is 10.3. The third-order valence-electron chi connectivity index (χ3n) is 6.35. The molecule has 1 heterocycles. The summed E-state index contributed by atoms with van der Waals surface area (Å²) in [6.07, 6.45) is 0.849. The van der Waals surface area contributed by atoms with Gasteiger partial charge in [0, 0.05) is 24.0 Å². The van der Waals surface area contributed by atoms with Crippen LogP contribution in [-0.4, -0.2) is 31.7 Å². The first-order valence-corrected chi connectivity index (χ1v) is 13.5. The first-order chi connectivity index (χ1) is 17.4. The lowest BCUT2D eigenvalue weighted by atomic mass is 9.97. The largest absolute Gasteiger partial charge is 0.455 e. The minimum absolute atomic E-state index is 0.182. The number of sulfonamides is 1. The molecule has 1 aliphatic heterocycles. The van der Waals surface area contributed by atoms with Crippen LogP contribution in [0, 0.1) is 5.92 Å². The average Bonchev–Trinajstić information content (AvgIpc) is 2.90. The summed E-state index contributed by atoms with van der Waals surface area (Å²) in [4.78, 5) is 13.3. The van der Waals surface area contributed by atoms with Gasteiger partial charge in [-0.25, -0.2) is 8.42 Å². The van der Waals surface area contributed by atoms with Gasteiger partial charge in [0.15, 0.2) is 5.75 Å². The van der Waals surface area contributed by atoms with Crippen LogP contribution in [0.25, 0.3) is 10.8 Å². The second-order valence-electron chi connectivity index (χ2n) is 8.73. The Morgan fingerprint density at radius 1 is 0.861 bits per heavy atom. The van der Waals surface area contributed by atoms with E-state index in [0.29, 0.717) is 35.1 Å². The quantitative estimate of drug-likeness (QED) is 0.322. The molecule has 0 aromatic heterocycles. The number of nitrogens with zero attached hydrogens (tertiary/aromatic N) is 1. The smallest absolute Gasteiger partial charge is 0.243 e. The number of para-hydroxylation sites is 1. The first kappa shape index (κ1) is 24.3. The molecule has 1 fully saturated rings. The molecule has 5 rings (SSSR count).